The monoisotopic (exact) mass is 361 g/mol. The molecule has 0 saturated heterocycles. The number of carbonyl (C=O) groups excluding carboxylic acids is 1. The summed E-state index contributed by atoms with van der Waals surface area (Å²) in [4.78, 5) is 16.6. The van der Waals surface area contributed by atoms with Crippen LogP contribution in [0.1, 0.15) is 47.9 Å². The molecule has 0 unspecified atom stereocenters. The number of hydrogen-bond donors (Lipinski definition) is 2. The van der Waals surface area contributed by atoms with Crippen molar-refractivity contribution >= 4 is 29.0 Å². The first-order valence-electron chi connectivity index (χ1n) is 8.37. The summed E-state index contributed by atoms with van der Waals surface area (Å²) in [5.74, 6) is 0.673. The van der Waals surface area contributed by atoms with Crippen molar-refractivity contribution in [3.63, 3.8) is 0 Å². The molecule has 2 aliphatic rings. The highest BCUT2D eigenvalue weighted by atomic mass is 35.5. The van der Waals surface area contributed by atoms with Crippen LogP contribution in [0.4, 0.5) is 4.79 Å². The van der Waals surface area contributed by atoms with Gasteiger partial charge in [-0.15, -0.1) is 11.3 Å². The third-order valence-corrected chi connectivity index (χ3v) is 6.13. The highest BCUT2D eigenvalue weighted by Crippen LogP contribution is 2.47. The fourth-order valence-corrected chi connectivity index (χ4v) is 4.04. The Hall–Kier alpha value is -1.59. The molecule has 1 aromatic carbocycles. The molecule has 2 aliphatic carbocycles. The first-order valence-corrected chi connectivity index (χ1v) is 9.62. The number of nitrogens with zero attached hydrogens (tertiary/aromatic N) is 1. The van der Waals surface area contributed by atoms with Crippen molar-refractivity contribution in [3.05, 3.63) is 50.9 Å². The lowest BCUT2D eigenvalue weighted by atomic mass is 9.96. The van der Waals surface area contributed by atoms with Crippen molar-refractivity contribution in [2.45, 2.75) is 43.6 Å². The van der Waals surface area contributed by atoms with Gasteiger partial charge in [-0.1, -0.05) is 23.7 Å². The zero-order valence-corrected chi connectivity index (χ0v) is 14.9. The van der Waals surface area contributed by atoms with Crippen molar-refractivity contribution < 1.29 is 4.79 Å². The number of halogens is 1. The number of rotatable bonds is 6. The van der Waals surface area contributed by atoms with Crippen molar-refractivity contribution in [1.29, 1.82) is 0 Å². The molecular weight excluding hydrogens is 342 g/mol. The van der Waals surface area contributed by atoms with Gasteiger partial charge in [0.1, 0.15) is 0 Å². The minimum Gasteiger partial charge on any atom is -0.337 e. The lowest BCUT2D eigenvalue weighted by Gasteiger charge is -2.17. The van der Waals surface area contributed by atoms with E-state index in [1.165, 1.54) is 23.4 Å². The Balaban J connectivity index is 1.26. The van der Waals surface area contributed by atoms with Crippen LogP contribution in [0.25, 0.3) is 0 Å². The van der Waals surface area contributed by atoms with Gasteiger partial charge in [-0.3, -0.25) is 0 Å². The lowest BCUT2D eigenvalue weighted by molar-refractivity contribution is 0.239. The third-order valence-electron chi connectivity index (χ3n) is 4.82. The summed E-state index contributed by atoms with van der Waals surface area (Å²) in [7, 11) is 0. The van der Waals surface area contributed by atoms with E-state index in [1.54, 1.807) is 11.3 Å². The summed E-state index contributed by atoms with van der Waals surface area (Å²) in [5.41, 5.74) is 2.29. The Morgan fingerprint density at radius 2 is 2.00 bits per heavy atom. The van der Waals surface area contributed by atoms with Gasteiger partial charge >= 0.3 is 6.03 Å². The van der Waals surface area contributed by atoms with Crippen LogP contribution in [0.5, 0.6) is 0 Å². The van der Waals surface area contributed by atoms with Crippen LogP contribution >= 0.6 is 22.9 Å². The van der Waals surface area contributed by atoms with Crippen LogP contribution in [0.15, 0.2) is 29.6 Å². The van der Waals surface area contributed by atoms with Crippen molar-refractivity contribution in [2.24, 2.45) is 0 Å². The minimum absolute atomic E-state index is 0.0850. The first kappa shape index (κ1) is 15.9. The summed E-state index contributed by atoms with van der Waals surface area (Å²) in [6.07, 6.45) is 4.72. The Labute approximate surface area is 150 Å². The average molecular weight is 362 g/mol. The van der Waals surface area contributed by atoms with Gasteiger partial charge in [-0.25, -0.2) is 9.78 Å². The highest BCUT2D eigenvalue weighted by molar-refractivity contribution is 7.09. The molecule has 2 amide bonds. The van der Waals surface area contributed by atoms with E-state index in [0.717, 1.165) is 23.6 Å². The highest BCUT2D eigenvalue weighted by Gasteiger charge is 2.44. The van der Waals surface area contributed by atoms with Crippen LogP contribution in [0.3, 0.4) is 0 Å². The van der Waals surface area contributed by atoms with E-state index in [9.17, 15) is 4.79 Å². The minimum atomic E-state index is -0.129. The second kappa shape index (κ2) is 6.37. The van der Waals surface area contributed by atoms with E-state index in [4.69, 9.17) is 11.6 Å². The number of urea groups is 1. The molecule has 0 aliphatic heterocycles. The molecule has 0 radical (unpaired) electrons. The molecule has 2 N–H and O–H groups in total. The summed E-state index contributed by atoms with van der Waals surface area (Å²) in [5, 5.41) is 9.91. The van der Waals surface area contributed by atoms with Crippen LogP contribution in [-0.2, 0) is 12.0 Å². The van der Waals surface area contributed by atoms with E-state index < -0.39 is 0 Å². The maximum absolute atomic E-state index is 12.1. The normalized spacial score (nSPS) is 18.2. The Morgan fingerprint density at radius 1 is 1.25 bits per heavy atom. The molecular formula is C18H20ClN3OS. The van der Waals surface area contributed by atoms with Crippen LogP contribution in [0, 0.1) is 0 Å². The lowest BCUT2D eigenvalue weighted by Crippen LogP contribution is -2.39. The predicted molar refractivity (Wildman–Crippen MR) is 96.7 cm³/mol. The first-order chi connectivity index (χ1) is 11.6. The number of hydrogen-bond acceptors (Lipinski definition) is 3. The van der Waals surface area contributed by atoms with E-state index >= 15 is 0 Å². The standard InChI is InChI=1S/C18H20ClN3OS/c19-14-5-3-13(4-6-14)18(7-8-18)11-21-17(23)20-9-15-10-24-16(22-15)12-1-2-12/h3-6,10,12H,1-2,7-9,11H2,(H2,20,21,23). The molecule has 4 rings (SSSR count). The number of carbonyl (C=O) groups is 1. The van der Waals surface area contributed by atoms with E-state index in [-0.39, 0.29) is 11.4 Å². The Morgan fingerprint density at radius 3 is 2.67 bits per heavy atom. The molecule has 2 fully saturated rings. The second-order valence-corrected chi connectivity index (χ2v) is 8.10. The molecule has 4 nitrogen and oxygen atoms in total. The smallest absolute Gasteiger partial charge is 0.315 e. The molecule has 0 spiro atoms. The number of benzene rings is 1. The summed E-state index contributed by atoms with van der Waals surface area (Å²) in [6.45, 7) is 1.15. The third kappa shape index (κ3) is 3.57. The molecule has 126 valence electrons. The number of amides is 2. The molecule has 1 heterocycles. The molecule has 0 atom stereocenters. The molecule has 2 aromatic rings. The largest absolute Gasteiger partial charge is 0.337 e. The summed E-state index contributed by atoms with van der Waals surface area (Å²) >= 11 is 7.65. The fourth-order valence-electron chi connectivity index (χ4n) is 2.93. The average Bonchev–Trinajstić information content (AvgIpc) is 3.51. The molecule has 6 heteroatoms. The SMILES string of the molecule is O=C(NCc1csc(C2CC2)n1)NCC1(c2ccc(Cl)cc2)CC1. The number of thiazole rings is 1. The second-order valence-electron chi connectivity index (χ2n) is 6.77. The van der Waals surface area contributed by atoms with Crippen molar-refractivity contribution in [1.82, 2.24) is 15.6 Å². The number of aromatic nitrogens is 1. The van der Waals surface area contributed by atoms with Gasteiger partial charge in [0.25, 0.3) is 0 Å². The Bertz CT molecular complexity index is 735. The summed E-state index contributed by atoms with van der Waals surface area (Å²) in [6, 6.07) is 7.82. The van der Waals surface area contributed by atoms with Crippen molar-refractivity contribution in [3.8, 4) is 0 Å². The van der Waals surface area contributed by atoms with Gasteiger partial charge in [0.05, 0.1) is 17.2 Å². The topological polar surface area (TPSA) is 54.0 Å². The zero-order valence-electron chi connectivity index (χ0n) is 13.3. The van der Waals surface area contributed by atoms with E-state index in [2.05, 4.69) is 27.8 Å². The van der Waals surface area contributed by atoms with Gasteiger partial charge in [-0.2, -0.15) is 0 Å². The summed E-state index contributed by atoms with van der Waals surface area (Å²) < 4.78 is 0. The maximum Gasteiger partial charge on any atom is 0.315 e. The predicted octanol–water partition coefficient (Wildman–Crippen LogP) is 4.20. The molecule has 0 bridgehead atoms. The van der Waals surface area contributed by atoms with Gasteiger partial charge in [0, 0.05) is 28.3 Å². The maximum atomic E-state index is 12.1. The fraction of sp³-hybridized carbons (Fsp3) is 0.444. The molecule has 24 heavy (non-hydrogen) atoms. The van der Waals surface area contributed by atoms with Crippen molar-refractivity contribution in [2.75, 3.05) is 6.54 Å². The van der Waals surface area contributed by atoms with Gasteiger partial charge in [0.2, 0.25) is 0 Å². The Kier molecular flexibility index (Phi) is 4.22. The number of nitrogens with one attached hydrogen (secondary N) is 2. The van der Waals surface area contributed by atoms with Crippen LogP contribution in [0.2, 0.25) is 5.02 Å². The van der Waals surface area contributed by atoms with Crippen LogP contribution < -0.4 is 10.6 Å². The van der Waals surface area contributed by atoms with E-state index in [0.29, 0.717) is 19.0 Å². The quantitative estimate of drug-likeness (QED) is 0.809. The van der Waals surface area contributed by atoms with Gasteiger partial charge in [-0.05, 0) is 43.4 Å². The zero-order chi connectivity index (χ0) is 16.6. The molecule has 1 aromatic heterocycles. The van der Waals surface area contributed by atoms with Gasteiger partial charge < -0.3 is 10.6 Å². The molecule has 2 saturated carbocycles. The van der Waals surface area contributed by atoms with Gasteiger partial charge in [0.15, 0.2) is 0 Å². The van der Waals surface area contributed by atoms with E-state index in [1.807, 2.05) is 17.5 Å². The van der Waals surface area contributed by atoms with Crippen LogP contribution in [-0.4, -0.2) is 17.6 Å².